The van der Waals surface area contributed by atoms with E-state index in [1.807, 2.05) is 0 Å². The number of methoxy groups -OCH3 is 1. The van der Waals surface area contributed by atoms with E-state index in [-0.39, 0.29) is 17.3 Å². The molecule has 11 nitrogen and oxygen atoms in total. The van der Waals surface area contributed by atoms with E-state index in [9.17, 15) is 14.2 Å². The molecule has 0 aliphatic carbocycles. The fourth-order valence-electron chi connectivity index (χ4n) is 2.16. The fraction of sp³-hybridized carbons (Fsp3) is 0.385. The first-order chi connectivity index (χ1) is 11.6. The van der Waals surface area contributed by atoms with Crippen molar-refractivity contribution in [3.05, 3.63) is 57.0 Å². The number of aromatic nitrogens is 2. The minimum atomic E-state index is -4.76. The number of aromatic amines is 1. The van der Waals surface area contributed by atoms with Crippen molar-refractivity contribution in [2.75, 3.05) is 13.7 Å². The lowest BCUT2D eigenvalue weighted by atomic mass is 10.2. The maximum Gasteiger partial charge on any atom is 0.470 e. The van der Waals surface area contributed by atoms with Crippen LogP contribution in [0.2, 0.25) is 0 Å². The van der Waals surface area contributed by atoms with Crippen LogP contribution in [0.3, 0.4) is 0 Å². The molecular formula is C13H17N2O9P. The summed E-state index contributed by atoms with van der Waals surface area (Å²) in [5.74, 6) is 0.219. The van der Waals surface area contributed by atoms with Gasteiger partial charge in [0.15, 0.2) is 17.6 Å². The van der Waals surface area contributed by atoms with E-state index in [4.69, 9.17) is 24.0 Å². The van der Waals surface area contributed by atoms with Gasteiger partial charge in [-0.1, -0.05) is 6.58 Å². The van der Waals surface area contributed by atoms with Crippen LogP contribution >= 0.6 is 7.82 Å². The first kappa shape index (κ1) is 19.2. The summed E-state index contributed by atoms with van der Waals surface area (Å²) in [6, 6.07) is 1.11. The zero-order valence-corrected chi connectivity index (χ0v) is 14.3. The van der Waals surface area contributed by atoms with Crippen molar-refractivity contribution in [1.82, 2.24) is 9.55 Å². The van der Waals surface area contributed by atoms with E-state index in [0.717, 1.165) is 10.6 Å². The third-order valence-electron chi connectivity index (χ3n) is 3.08. The Morgan fingerprint density at radius 3 is 2.68 bits per heavy atom. The second kappa shape index (κ2) is 7.38. The minimum Gasteiger partial charge on any atom is -0.465 e. The normalized spacial score (nSPS) is 20.5. The van der Waals surface area contributed by atoms with Gasteiger partial charge in [-0.15, -0.1) is 0 Å². The summed E-state index contributed by atoms with van der Waals surface area (Å²) in [5, 5.41) is 0. The number of phosphoric ester groups is 1. The summed E-state index contributed by atoms with van der Waals surface area (Å²) in [4.78, 5) is 43.0. The van der Waals surface area contributed by atoms with Gasteiger partial charge in [-0.05, 0) is 6.92 Å². The highest BCUT2D eigenvalue weighted by molar-refractivity contribution is 7.46. The highest BCUT2D eigenvalue weighted by Crippen LogP contribution is 2.40. The molecule has 1 unspecified atom stereocenters. The molecule has 3 N–H and O–H groups in total. The number of H-pyrrole nitrogens is 1. The molecule has 1 aromatic heterocycles. The van der Waals surface area contributed by atoms with E-state index in [0.29, 0.717) is 0 Å². The number of rotatable bonds is 7. The monoisotopic (exact) mass is 376 g/mol. The standard InChI is InChI=1S/C13H17N2O9P/c1-7(2)23-10-8(6-22-25(18,19)20)24-12(11(10)21-3)15-5-4-9(16)14-13(15)17/h4-5,11-12H,1,6H2,2-3H3,(H,14,16,17)(H2,18,19,20)/t11?,12-/m1/s1. The average Bonchev–Trinajstić information content (AvgIpc) is 2.81. The maximum absolute atomic E-state index is 12.0. The number of ether oxygens (including phenoxy) is 3. The zero-order chi connectivity index (χ0) is 18.8. The van der Waals surface area contributed by atoms with Crippen LogP contribution in [0.25, 0.3) is 0 Å². The Kier molecular flexibility index (Phi) is 5.65. The highest BCUT2D eigenvalue weighted by atomic mass is 31.2. The van der Waals surface area contributed by atoms with Crippen LogP contribution < -0.4 is 11.2 Å². The number of nitrogens with one attached hydrogen (secondary N) is 1. The Morgan fingerprint density at radius 1 is 1.48 bits per heavy atom. The molecule has 2 rings (SSSR count). The quantitative estimate of drug-likeness (QED) is 0.440. The number of hydrogen-bond acceptors (Lipinski definition) is 7. The molecule has 2 atom stereocenters. The molecule has 1 aliphatic rings. The van der Waals surface area contributed by atoms with Crippen LogP contribution in [0.1, 0.15) is 13.2 Å². The molecular weight excluding hydrogens is 359 g/mol. The maximum atomic E-state index is 12.0. The molecule has 0 spiro atoms. The lowest BCUT2D eigenvalue weighted by Crippen LogP contribution is -2.36. The van der Waals surface area contributed by atoms with Crippen molar-refractivity contribution in [3.63, 3.8) is 0 Å². The number of phosphoric acid groups is 1. The van der Waals surface area contributed by atoms with Gasteiger partial charge in [0.1, 0.15) is 6.61 Å². The molecule has 138 valence electrons. The van der Waals surface area contributed by atoms with Gasteiger partial charge >= 0.3 is 13.5 Å². The number of hydrogen-bond donors (Lipinski definition) is 3. The van der Waals surface area contributed by atoms with E-state index in [2.05, 4.69) is 16.1 Å². The first-order valence-corrected chi connectivity index (χ1v) is 8.43. The molecule has 12 heteroatoms. The summed E-state index contributed by atoms with van der Waals surface area (Å²) in [6.07, 6.45) is -0.835. The van der Waals surface area contributed by atoms with Crippen LogP contribution in [0, 0.1) is 0 Å². The highest BCUT2D eigenvalue weighted by Gasteiger charge is 2.41. The topological polar surface area (TPSA) is 149 Å². The largest absolute Gasteiger partial charge is 0.470 e. The Labute approximate surface area is 141 Å². The van der Waals surface area contributed by atoms with Crippen molar-refractivity contribution < 1.29 is 33.1 Å². The Balaban J connectivity index is 2.40. The van der Waals surface area contributed by atoms with Gasteiger partial charge in [-0.3, -0.25) is 18.9 Å². The van der Waals surface area contributed by atoms with Gasteiger partial charge in [-0.25, -0.2) is 9.36 Å². The number of allylic oxidation sites excluding steroid dienone is 1. The van der Waals surface area contributed by atoms with Gasteiger partial charge < -0.3 is 24.0 Å². The Bertz CT molecular complexity index is 850. The van der Waals surface area contributed by atoms with E-state index in [1.165, 1.54) is 13.3 Å². The smallest absolute Gasteiger partial charge is 0.465 e. The van der Waals surface area contributed by atoms with E-state index in [1.54, 1.807) is 6.92 Å². The molecule has 2 heterocycles. The number of nitrogens with zero attached hydrogens (tertiary/aromatic N) is 1. The molecule has 1 aliphatic heterocycles. The molecule has 0 fully saturated rings. The van der Waals surface area contributed by atoms with Crippen LogP contribution in [-0.4, -0.2) is 39.2 Å². The minimum absolute atomic E-state index is 0.0477. The van der Waals surface area contributed by atoms with Gasteiger partial charge in [0.2, 0.25) is 6.23 Å². The lowest BCUT2D eigenvalue weighted by Gasteiger charge is -2.21. The Morgan fingerprint density at radius 2 is 2.16 bits per heavy atom. The summed E-state index contributed by atoms with van der Waals surface area (Å²) in [6.45, 7) is 4.50. The van der Waals surface area contributed by atoms with Crippen molar-refractivity contribution in [2.24, 2.45) is 0 Å². The molecule has 0 radical (unpaired) electrons. The lowest BCUT2D eigenvalue weighted by molar-refractivity contribution is -0.0387. The Hall–Kier alpha value is -2.17. The fourth-order valence-corrected chi connectivity index (χ4v) is 2.44. The SMILES string of the molecule is C=C(C)OC1=C(COP(=O)(O)O)O[C@@H](n2ccc(=O)[nH]c2=O)C1OC. The average molecular weight is 376 g/mol. The van der Waals surface area contributed by atoms with E-state index < -0.39 is 38.0 Å². The van der Waals surface area contributed by atoms with Crippen LogP contribution in [-0.2, 0) is 23.3 Å². The summed E-state index contributed by atoms with van der Waals surface area (Å²) in [5.41, 5.74) is -1.35. The summed E-state index contributed by atoms with van der Waals surface area (Å²) < 4.78 is 32.6. The summed E-state index contributed by atoms with van der Waals surface area (Å²) >= 11 is 0. The molecule has 0 aromatic carbocycles. The molecule has 1 aromatic rings. The van der Waals surface area contributed by atoms with Gasteiger partial charge in [0.05, 0.1) is 5.76 Å². The molecule has 0 bridgehead atoms. The van der Waals surface area contributed by atoms with E-state index >= 15 is 0 Å². The third-order valence-corrected chi connectivity index (χ3v) is 3.55. The third kappa shape index (κ3) is 4.68. The molecule has 0 saturated heterocycles. The van der Waals surface area contributed by atoms with Crippen molar-refractivity contribution in [3.8, 4) is 0 Å². The summed E-state index contributed by atoms with van der Waals surface area (Å²) in [7, 11) is -3.44. The van der Waals surface area contributed by atoms with Crippen molar-refractivity contribution in [1.29, 1.82) is 0 Å². The second-order valence-corrected chi connectivity index (χ2v) is 6.28. The zero-order valence-electron chi connectivity index (χ0n) is 13.4. The predicted molar refractivity (Wildman–Crippen MR) is 83.2 cm³/mol. The van der Waals surface area contributed by atoms with Crippen LogP contribution in [0.4, 0.5) is 0 Å². The predicted octanol–water partition coefficient (Wildman–Crippen LogP) is -0.0485. The molecule has 25 heavy (non-hydrogen) atoms. The van der Waals surface area contributed by atoms with Crippen LogP contribution in [0.5, 0.6) is 0 Å². The molecule has 0 saturated carbocycles. The van der Waals surface area contributed by atoms with Gasteiger partial charge in [0.25, 0.3) is 5.56 Å². The first-order valence-electron chi connectivity index (χ1n) is 6.90. The van der Waals surface area contributed by atoms with Gasteiger partial charge in [-0.2, -0.15) is 0 Å². The van der Waals surface area contributed by atoms with Crippen LogP contribution in [0.15, 0.2) is 45.7 Å². The van der Waals surface area contributed by atoms with Crippen molar-refractivity contribution >= 4 is 7.82 Å². The molecule has 0 amide bonds. The van der Waals surface area contributed by atoms with Gasteiger partial charge in [0, 0.05) is 19.4 Å². The van der Waals surface area contributed by atoms with Crippen molar-refractivity contribution in [2.45, 2.75) is 19.3 Å². The second-order valence-electron chi connectivity index (χ2n) is 5.04.